The van der Waals surface area contributed by atoms with Crippen molar-refractivity contribution in [3.8, 4) is 0 Å². The van der Waals surface area contributed by atoms with Crippen LogP contribution in [0.3, 0.4) is 0 Å². The first-order chi connectivity index (χ1) is 11.2. The summed E-state index contributed by atoms with van der Waals surface area (Å²) < 4.78 is 26.5. The molecule has 2 aliphatic rings. The molecule has 138 valence electrons. The number of sulfonamides is 1. The van der Waals surface area contributed by atoms with Crippen LogP contribution < -0.4 is 5.32 Å². The maximum Gasteiger partial charge on any atom is 0.261 e. The molecule has 0 unspecified atom stereocenters. The summed E-state index contributed by atoms with van der Waals surface area (Å²) in [6.07, 6.45) is 2.73. The second kappa shape index (κ2) is 12.9. The third-order valence-corrected chi connectivity index (χ3v) is 5.92. The van der Waals surface area contributed by atoms with Gasteiger partial charge in [-0.05, 0) is 6.54 Å². The average molecular weight is 699 g/mol. The van der Waals surface area contributed by atoms with Gasteiger partial charge in [0.1, 0.15) is 0 Å². The van der Waals surface area contributed by atoms with Crippen molar-refractivity contribution in [3.05, 3.63) is 46.3 Å². The standard InChI is InChI=1S/C17H17N3O3S.4Y/c1-10-5-6-15-13(7-10)12(3)16(20(4)24(15,22)23)17(21)19-14-9-18-8-11(14)2;;;;/h5-6H,8H2,1-4H3,(H,19,21);;;;/q-2;;;;. The van der Waals surface area contributed by atoms with Crippen LogP contribution in [-0.4, -0.2) is 38.4 Å². The Morgan fingerprint density at radius 2 is 1.75 bits per heavy atom. The van der Waals surface area contributed by atoms with Crippen LogP contribution in [0.25, 0.3) is 5.57 Å². The van der Waals surface area contributed by atoms with E-state index in [1.54, 1.807) is 19.1 Å². The van der Waals surface area contributed by atoms with Crippen LogP contribution in [0.15, 0.2) is 39.0 Å². The number of hydrogen-bond donors (Lipinski definition) is 1. The van der Waals surface area contributed by atoms with Crippen LogP contribution in [0.4, 0.5) is 0 Å². The molecule has 1 N–H and O–H groups in total. The zero-order valence-corrected chi connectivity index (χ0v) is 28.4. The number of nitrogens with one attached hydrogen (secondary N) is 1. The normalized spacial score (nSPS) is 16.2. The van der Waals surface area contributed by atoms with Crippen molar-refractivity contribution in [2.75, 3.05) is 13.6 Å². The van der Waals surface area contributed by atoms with Crippen molar-refractivity contribution in [1.29, 1.82) is 0 Å². The van der Waals surface area contributed by atoms with Gasteiger partial charge in [0.15, 0.2) is 0 Å². The Kier molecular flexibility index (Phi) is 14.8. The van der Waals surface area contributed by atoms with E-state index < -0.39 is 15.9 Å². The number of carbonyl (C=O) groups excluding carboxylic acids is 1. The largest absolute Gasteiger partial charge is 0.407 e. The Morgan fingerprint density at radius 3 is 2.29 bits per heavy atom. The molecule has 0 aliphatic carbocycles. The van der Waals surface area contributed by atoms with E-state index in [1.165, 1.54) is 7.05 Å². The molecule has 28 heavy (non-hydrogen) atoms. The van der Waals surface area contributed by atoms with Crippen molar-refractivity contribution in [3.63, 3.8) is 0 Å². The molecular weight excluding hydrogens is 682 g/mol. The number of carbonyl (C=O) groups is 1. The molecule has 0 fully saturated rings. The quantitative estimate of drug-likeness (QED) is 0.476. The molecule has 1 aromatic carbocycles. The summed E-state index contributed by atoms with van der Waals surface area (Å²) in [5, 5.41) is 2.70. The van der Waals surface area contributed by atoms with Gasteiger partial charge in [-0.1, -0.05) is 19.4 Å². The van der Waals surface area contributed by atoms with Gasteiger partial charge in [0.05, 0.1) is 5.70 Å². The first-order valence-corrected chi connectivity index (χ1v) is 8.84. The molecular formula is C17H17N3O3SY4-2. The predicted octanol–water partition coefficient (Wildman–Crippen LogP) is 1.50. The van der Waals surface area contributed by atoms with Crippen LogP contribution in [0, 0.1) is 13.0 Å². The van der Waals surface area contributed by atoms with E-state index in [9.17, 15) is 13.2 Å². The molecule has 0 saturated carbocycles. The third kappa shape index (κ3) is 6.29. The number of amides is 1. The van der Waals surface area contributed by atoms with Gasteiger partial charge >= 0.3 is 0 Å². The van der Waals surface area contributed by atoms with Gasteiger partial charge in [0, 0.05) is 143 Å². The van der Waals surface area contributed by atoms with Crippen LogP contribution in [0.2, 0.25) is 0 Å². The molecule has 0 aromatic heterocycles. The minimum atomic E-state index is -3.79. The molecule has 0 bridgehead atoms. The van der Waals surface area contributed by atoms with Crippen molar-refractivity contribution < 1.29 is 144 Å². The fourth-order valence-electron chi connectivity index (χ4n) is 2.73. The molecule has 2 aliphatic heterocycles. The molecule has 1 aromatic rings. The summed E-state index contributed by atoms with van der Waals surface area (Å²) in [6, 6.07) is 6.30. The number of allylic oxidation sites excluding steroid dienone is 2. The van der Waals surface area contributed by atoms with Crippen LogP contribution in [-0.2, 0) is 146 Å². The fraction of sp³-hybridized carbons (Fsp3) is 0.294. The van der Waals surface area contributed by atoms with E-state index in [0.29, 0.717) is 23.4 Å². The third-order valence-electron chi connectivity index (χ3n) is 4.12. The summed E-state index contributed by atoms with van der Waals surface area (Å²) in [7, 11) is -2.41. The van der Waals surface area contributed by atoms with Gasteiger partial charge < -0.3 is 10.3 Å². The fourth-order valence-corrected chi connectivity index (χ4v) is 4.19. The van der Waals surface area contributed by atoms with E-state index in [-0.39, 0.29) is 141 Å². The SMILES string of the molecule is CC1=C(NC(=O)C2=C(C)c3[c-]c(C)ccc3S(=O)(=O)N2C)[C-]=NC1.[Y].[Y].[Y].[Y]. The number of nitrogens with zero attached hydrogens (tertiary/aromatic N) is 2. The van der Waals surface area contributed by atoms with Gasteiger partial charge in [-0.3, -0.25) is 9.10 Å². The summed E-state index contributed by atoms with van der Waals surface area (Å²) in [6.45, 7) is 5.88. The Hall–Kier alpha value is 2.01. The number of hydrogen-bond acceptors (Lipinski definition) is 4. The molecule has 0 spiro atoms. The second-order valence-electron chi connectivity index (χ2n) is 5.86. The maximum absolute atomic E-state index is 12.7. The van der Waals surface area contributed by atoms with Gasteiger partial charge in [-0.2, -0.15) is 5.57 Å². The van der Waals surface area contributed by atoms with E-state index in [0.717, 1.165) is 15.4 Å². The molecule has 6 nitrogen and oxygen atoms in total. The number of aryl methyl sites for hydroxylation is 1. The Morgan fingerprint density at radius 1 is 1.14 bits per heavy atom. The summed E-state index contributed by atoms with van der Waals surface area (Å²) >= 11 is 0. The van der Waals surface area contributed by atoms with E-state index in [4.69, 9.17) is 0 Å². The number of aliphatic imine (C=N–C) groups is 1. The number of likely N-dealkylation sites (N-methyl/N-ethyl adjacent to an activating group) is 1. The summed E-state index contributed by atoms with van der Waals surface area (Å²) in [4.78, 5) is 16.8. The molecule has 4 radical (unpaired) electrons. The van der Waals surface area contributed by atoms with Crippen molar-refractivity contribution in [1.82, 2.24) is 9.62 Å². The predicted molar refractivity (Wildman–Crippen MR) is 90.7 cm³/mol. The van der Waals surface area contributed by atoms with Crippen LogP contribution >= 0.6 is 0 Å². The molecule has 3 rings (SSSR count). The molecule has 2 heterocycles. The van der Waals surface area contributed by atoms with Gasteiger partial charge in [-0.25, -0.2) is 8.42 Å². The number of fused-ring (bicyclic) bond motifs is 1. The molecule has 0 saturated heterocycles. The maximum atomic E-state index is 12.7. The average Bonchev–Trinajstić information content (AvgIpc) is 2.90. The summed E-state index contributed by atoms with van der Waals surface area (Å²) in [5.74, 6) is -0.502. The van der Waals surface area contributed by atoms with Crippen molar-refractivity contribution in [2.24, 2.45) is 4.99 Å². The Bertz CT molecular complexity index is 956. The minimum absolute atomic E-state index is 0. The van der Waals surface area contributed by atoms with Crippen molar-refractivity contribution >= 4 is 27.7 Å². The number of rotatable bonds is 2. The van der Waals surface area contributed by atoms with Crippen LogP contribution in [0.1, 0.15) is 25.0 Å². The minimum Gasteiger partial charge on any atom is -0.407 e. The van der Waals surface area contributed by atoms with Gasteiger partial charge in [0.2, 0.25) is 10.0 Å². The first kappa shape index (κ1) is 32.2. The van der Waals surface area contributed by atoms with Gasteiger partial charge in [0.25, 0.3) is 5.91 Å². The monoisotopic (exact) mass is 699 g/mol. The van der Waals surface area contributed by atoms with E-state index in [1.807, 2.05) is 13.8 Å². The summed E-state index contributed by atoms with van der Waals surface area (Å²) in [5.41, 5.74) is 3.27. The zero-order valence-electron chi connectivity index (χ0n) is 16.2. The van der Waals surface area contributed by atoms with Gasteiger partial charge in [-0.15, -0.1) is 48.2 Å². The molecule has 11 heteroatoms. The molecule has 1 amide bonds. The Labute approximate surface area is 267 Å². The smallest absolute Gasteiger partial charge is 0.261 e. The second-order valence-corrected chi connectivity index (χ2v) is 7.80. The van der Waals surface area contributed by atoms with Crippen LogP contribution in [0.5, 0.6) is 0 Å². The van der Waals surface area contributed by atoms with E-state index in [2.05, 4.69) is 22.6 Å². The first-order valence-electron chi connectivity index (χ1n) is 7.40. The number of benzene rings is 1. The van der Waals surface area contributed by atoms with E-state index >= 15 is 0 Å². The Balaban J connectivity index is 0. The van der Waals surface area contributed by atoms with Crippen molar-refractivity contribution in [2.45, 2.75) is 25.7 Å². The zero-order chi connectivity index (χ0) is 17.6. The topological polar surface area (TPSA) is 78.8 Å². The molecule has 0 atom stereocenters.